The van der Waals surface area contributed by atoms with E-state index in [2.05, 4.69) is 70.8 Å². The van der Waals surface area contributed by atoms with Crippen LogP contribution in [0, 0.1) is 0 Å². The Morgan fingerprint density at radius 1 is 1.16 bits per heavy atom. The van der Waals surface area contributed by atoms with Crippen LogP contribution in [-0.2, 0) is 18.5 Å². The standard InChI is InChI=1S/C19H21N5S/c1-19(2,3)16-7-15-17(21-11-22-18(15)25-16)24-23-8-12-4-5-13-9-20-10-14(13)6-12/h4-8,11,20H,9-10H2,1-3H3,(H,21,22,24). The molecule has 0 bridgehead atoms. The third-order valence-electron chi connectivity index (χ3n) is 4.31. The first-order chi connectivity index (χ1) is 12.0. The lowest BCUT2D eigenvalue weighted by Crippen LogP contribution is -2.07. The highest BCUT2D eigenvalue weighted by molar-refractivity contribution is 7.18. The Bertz CT molecular complexity index is 952. The van der Waals surface area contributed by atoms with Crippen LogP contribution in [0.2, 0.25) is 0 Å². The molecule has 0 aliphatic carbocycles. The van der Waals surface area contributed by atoms with Crippen molar-refractivity contribution < 1.29 is 0 Å². The zero-order valence-corrected chi connectivity index (χ0v) is 15.4. The number of benzene rings is 1. The van der Waals surface area contributed by atoms with Crippen molar-refractivity contribution >= 4 is 33.6 Å². The van der Waals surface area contributed by atoms with Gasteiger partial charge in [0, 0.05) is 18.0 Å². The van der Waals surface area contributed by atoms with Crippen LogP contribution < -0.4 is 10.7 Å². The first kappa shape index (κ1) is 16.2. The van der Waals surface area contributed by atoms with Crippen molar-refractivity contribution in [1.29, 1.82) is 0 Å². The molecule has 2 aromatic heterocycles. The molecular formula is C19H21N5S. The third kappa shape index (κ3) is 3.27. The molecule has 0 atom stereocenters. The van der Waals surface area contributed by atoms with Gasteiger partial charge in [-0.2, -0.15) is 5.10 Å². The fourth-order valence-electron chi connectivity index (χ4n) is 2.88. The minimum absolute atomic E-state index is 0.102. The van der Waals surface area contributed by atoms with Crippen LogP contribution in [0.3, 0.4) is 0 Å². The van der Waals surface area contributed by atoms with Crippen LogP contribution >= 0.6 is 11.3 Å². The summed E-state index contributed by atoms with van der Waals surface area (Å²) in [6.07, 6.45) is 3.42. The average molecular weight is 351 g/mol. The van der Waals surface area contributed by atoms with Crippen molar-refractivity contribution in [1.82, 2.24) is 15.3 Å². The summed E-state index contributed by atoms with van der Waals surface area (Å²) in [5, 5.41) is 8.75. The van der Waals surface area contributed by atoms with E-state index >= 15 is 0 Å². The fourth-order valence-corrected chi connectivity index (χ4v) is 3.93. The molecule has 6 heteroatoms. The van der Waals surface area contributed by atoms with Crippen molar-refractivity contribution in [3.05, 3.63) is 52.2 Å². The lowest BCUT2D eigenvalue weighted by Gasteiger charge is -2.14. The van der Waals surface area contributed by atoms with Crippen molar-refractivity contribution in [3.63, 3.8) is 0 Å². The van der Waals surface area contributed by atoms with E-state index in [1.165, 1.54) is 16.0 Å². The Labute approximate surface area is 151 Å². The molecule has 1 aliphatic rings. The Morgan fingerprint density at radius 3 is 2.84 bits per heavy atom. The van der Waals surface area contributed by atoms with Crippen LogP contribution in [-0.4, -0.2) is 16.2 Å². The number of fused-ring (bicyclic) bond motifs is 2. The van der Waals surface area contributed by atoms with Crippen LogP contribution in [0.25, 0.3) is 10.2 Å². The zero-order chi connectivity index (χ0) is 17.4. The number of anilines is 1. The van der Waals surface area contributed by atoms with Crippen molar-refractivity contribution in [3.8, 4) is 0 Å². The van der Waals surface area contributed by atoms with Gasteiger partial charge in [0.15, 0.2) is 5.82 Å². The molecule has 0 spiro atoms. The fraction of sp³-hybridized carbons (Fsp3) is 0.316. The highest BCUT2D eigenvalue weighted by Gasteiger charge is 2.18. The monoisotopic (exact) mass is 351 g/mol. The number of nitrogens with one attached hydrogen (secondary N) is 2. The molecule has 128 valence electrons. The first-order valence-electron chi connectivity index (χ1n) is 8.37. The summed E-state index contributed by atoms with van der Waals surface area (Å²) in [5.74, 6) is 0.746. The molecule has 3 heterocycles. The topological polar surface area (TPSA) is 62.2 Å². The molecule has 25 heavy (non-hydrogen) atoms. The maximum absolute atomic E-state index is 4.39. The van der Waals surface area contributed by atoms with Crippen LogP contribution in [0.5, 0.6) is 0 Å². The van der Waals surface area contributed by atoms with Crippen molar-refractivity contribution in [2.75, 3.05) is 5.43 Å². The largest absolute Gasteiger partial charge is 0.309 e. The summed E-state index contributed by atoms with van der Waals surface area (Å²) in [6.45, 7) is 8.51. The highest BCUT2D eigenvalue weighted by Crippen LogP contribution is 2.35. The van der Waals surface area contributed by atoms with E-state index in [1.54, 1.807) is 17.7 Å². The molecule has 1 aromatic carbocycles. The SMILES string of the molecule is CC(C)(C)c1cc2c(NN=Cc3ccc4c(c3)CNC4)ncnc2s1. The van der Waals surface area contributed by atoms with Gasteiger partial charge in [0.1, 0.15) is 11.2 Å². The summed E-state index contributed by atoms with van der Waals surface area (Å²) in [5.41, 5.74) is 6.98. The minimum Gasteiger partial charge on any atom is -0.309 e. The van der Waals surface area contributed by atoms with Gasteiger partial charge in [-0.1, -0.05) is 32.9 Å². The van der Waals surface area contributed by atoms with Gasteiger partial charge in [0.25, 0.3) is 0 Å². The molecule has 1 aliphatic heterocycles. The summed E-state index contributed by atoms with van der Waals surface area (Å²) < 4.78 is 0. The van der Waals surface area contributed by atoms with E-state index in [1.807, 2.05) is 6.21 Å². The van der Waals surface area contributed by atoms with Gasteiger partial charge in [-0.15, -0.1) is 11.3 Å². The van der Waals surface area contributed by atoms with Crippen molar-refractivity contribution in [2.24, 2.45) is 5.10 Å². The summed E-state index contributed by atoms with van der Waals surface area (Å²) in [7, 11) is 0. The number of aromatic nitrogens is 2. The summed E-state index contributed by atoms with van der Waals surface area (Å²) in [4.78, 5) is 11.0. The second-order valence-corrected chi connectivity index (χ2v) is 8.33. The molecule has 0 saturated carbocycles. The zero-order valence-electron chi connectivity index (χ0n) is 14.6. The molecule has 5 nitrogen and oxygen atoms in total. The number of thiophene rings is 1. The smallest absolute Gasteiger partial charge is 0.158 e. The second-order valence-electron chi connectivity index (χ2n) is 7.30. The number of hydrazone groups is 1. The van der Waals surface area contributed by atoms with Gasteiger partial charge in [-0.25, -0.2) is 9.97 Å². The average Bonchev–Trinajstić information content (AvgIpc) is 3.21. The molecule has 0 amide bonds. The third-order valence-corrected chi connectivity index (χ3v) is 5.78. The molecule has 0 fully saturated rings. The maximum atomic E-state index is 4.39. The van der Waals surface area contributed by atoms with Crippen LogP contribution in [0.4, 0.5) is 5.82 Å². The lowest BCUT2D eigenvalue weighted by molar-refractivity contribution is 0.604. The van der Waals surface area contributed by atoms with E-state index in [-0.39, 0.29) is 5.41 Å². The quantitative estimate of drug-likeness (QED) is 0.552. The van der Waals surface area contributed by atoms with E-state index < -0.39 is 0 Å². The Balaban J connectivity index is 1.57. The predicted octanol–water partition coefficient (Wildman–Crippen LogP) is 4.04. The Morgan fingerprint density at radius 2 is 2.00 bits per heavy atom. The summed E-state index contributed by atoms with van der Waals surface area (Å²) >= 11 is 1.71. The molecular weight excluding hydrogens is 330 g/mol. The molecule has 0 saturated heterocycles. The van der Waals surface area contributed by atoms with Gasteiger partial charge in [-0.3, -0.25) is 5.43 Å². The van der Waals surface area contributed by atoms with Crippen molar-refractivity contribution in [2.45, 2.75) is 39.3 Å². The number of rotatable bonds is 3. The van der Waals surface area contributed by atoms with Gasteiger partial charge < -0.3 is 5.32 Å². The van der Waals surface area contributed by atoms with Gasteiger partial charge >= 0.3 is 0 Å². The Hall–Kier alpha value is -2.31. The highest BCUT2D eigenvalue weighted by atomic mass is 32.1. The molecule has 4 rings (SSSR count). The van der Waals surface area contributed by atoms with E-state index in [4.69, 9.17) is 0 Å². The second kappa shape index (κ2) is 6.20. The number of hydrogen-bond donors (Lipinski definition) is 2. The molecule has 0 radical (unpaired) electrons. The molecule has 2 N–H and O–H groups in total. The molecule has 0 unspecified atom stereocenters. The van der Waals surface area contributed by atoms with Gasteiger partial charge in [0.2, 0.25) is 0 Å². The minimum atomic E-state index is 0.102. The number of nitrogens with zero attached hydrogens (tertiary/aromatic N) is 3. The van der Waals surface area contributed by atoms with E-state index in [0.717, 1.165) is 34.7 Å². The van der Waals surface area contributed by atoms with Gasteiger partial charge in [-0.05, 0) is 34.2 Å². The van der Waals surface area contributed by atoms with E-state index in [0.29, 0.717) is 0 Å². The summed E-state index contributed by atoms with van der Waals surface area (Å²) in [6, 6.07) is 8.60. The predicted molar refractivity (Wildman–Crippen MR) is 104 cm³/mol. The first-order valence-corrected chi connectivity index (χ1v) is 9.19. The lowest BCUT2D eigenvalue weighted by atomic mass is 9.94. The van der Waals surface area contributed by atoms with Gasteiger partial charge in [0.05, 0.1) is 11.6 Å². The van der Waals surface area contributed by atoms with Crippen LogP contribution in [0.15, 0.2) is 35.7 Å². The molecule has 3 aromatic rings. The Kier molecular flexibility index (Phi) is 4.01. The maximum Gasteiger partial charge on any atom is 0.158 e. The normalized spacial score (nSPS) is 14.4. The number of hydrogen-bond acceptors (Lipinski definition) is 6. The van der Waals surface area contributed by atoms with E-state index in [9.17, 15) is 0 Å². The van der Waals surface area contributed by atoms with Crippen LogP contribution in [0.1, 0.15) is 42.3 Å².